The molecule has 0 unspecified atom stereocenters. The Balaban J connectivity index is 2.49. The van der Waals surface area contributed by atoms with Crippen LogP contribution < -0.4 is 0 Å². The molecule has 0 spiro atoms. The lowest BCUT2D eigenvalue weighted by atomic mass is 10.2. The molecule has 2 aromatic heterocycles. The molecule has 3 rings (SSSR count). The Labute approximate surface area is 90.0 Å². The minimum Gasteiger partial charge on any atom is -0.477 e. The van der Waals surface area contributed by atoms with Crippen LogP contribution in [0.15, 0.2) is 36.7 Å². The molecule has 16 heavy (non-hydrogen) atoms. The van der Waals surface area contributed by atoms with Gasteiger partial charge in [-0.2, -0.15) is 5.10 Å². The lowest BCUT2D eigenvalue weighted by Crippen LogP contribution is -1.98. The van der Waals surface area contributed by atoms with Gasteiger partial charge in [0.1, 0.15) is 5.56 Å². The number of aromatic nitrogens is 3. The normalized spacial score (nSPS) is 11.0. The summed E-state index contributed by atoms with van der Waals surface area (Å²) in [4.78, 5) is 15.0. The van der Waals surface area contributed by atoms with Crippen molar-refractivity contribution in [1.29, 1.82) is 0 Å². The predicted molar refractivity (Wildman–Crippen MR) is 57.5 cm³/mol. The summed E-state index contributed by atoms with van der Waals surface area (Å²) in [7, 11) is 0. The topological polar surface area (TPSA) is 67.5 Å². The number of carbonyl (C=O) groups is 1. The number of nitrogens with zero attached hydrogens (tertiary/aromatic N) is 3. The molecule has 1 aromatic carbocycles. The van der Waals surface area contributed by atoms with Crippen molar-refractivity contribution in [2.75, 3.05) is 0 Å². The number of hydrogen-bond acceptors (Lipinski definition) is 3. The second-order valence-corrected chi connectivity index (χ2v) is 3.42. The molecule has 5 heteroatoms. The summed E-state index contributed by atoms with van der Waals surface area (Å²) in [5.41, 5.74) is 1.33. The second kappa shape index (κ2) is 3.03. The largest absolute Gasteiger partial charge is 0.477 e. The summed E-state index contributed by atoms with van der Waals surface area (Å²) >= 11 is 0. The first-order valence-corrected chi connectivity index (χ1v) is 4.72. The van der Waals surface area contributed by atoms with Crippen LogP contribution in [-0.2, 0) is 0 Å². The second-order valence-electron chi connectivity index (χ2n) is 3.42. The van der Waals surface area contributed by atoms with Gasteiger partial charge in [0.25, 0.3) is 0 Å². The summed E-state index contributed by atoms with van der Waals surface area (Å²) in [5.74, 6) is -1.02. The van der Waals surface area contributed by atoms with E-state index in [0.717, 1.165) is 10.9 Å². The lowest BCUT2D eigenvalue weighted by molar-refractivity contribution is 0.0699. The minimum absolute atomic E-state index is 0.116. The van der Waals surface area contributed by atoms with E-state index < -0.39 is 5.97 Å². The first kappa shape index (κ1) is 8.84. The van der Waals surface area contributed by atoms with Gasteiger partial charge in [-0.3, -0.25) is 0 Å². The average Bonchev–Trinajstić information content (AvgIpc) is 2.73. The van der Waals surface area contributed by atoms with E-state index in [1.807, 2.05) is 24.3 Å². The standard InChI is InChI=1S/C11H7N3O2/c15-11(16)8-6-13-14-9-4-2-1-3-7(9)5-12-10(8)14/h1-6H,(H,15,16). The number of benzene rings is 1. The highest BCUT2D eigenvalue weighted by Crippen LogP contribution is 2.16. The first-order valence-electron chi connectivity index (χ1n) is 4.72. The molecule has 0 atom stereocenters. The van der Waals surface area contributed by atoms with Gasteiger partial charge >= 0.3 is 5.97 Å². The van der Waals surface area contributed by atoms with Crippen LogP contribution in [0.5, 0.6) is 0 Å². The maximum Gasteiger partial charge on any atom is 0.341 e. The van der Waals surface area contributed by atoms with Crippen LogP contribution in [0, 0.1) is 0 Å². The van der Waals surface area contributed by atoms with Crippen LogP contribution in [0.25, 0.3) is 16.6 Å². The zero-order chi connectivity index (χ0) is 11.1. The Hall–Kier alpha value is -2.43. The molecule has 0 saturated heterocycles. The van der Waals surface area contributed by atoms with Crippen LogP contribution in [0.3, 0.4) is 0 Å². The first-order chi connectivity index (χ1) is 7.77. The zero-order valence-corrected chi connectivity index (χ0v) is 8.16. The fourth-order valence-corrected chi connectivity index (χ4v) is 1.71. The smallest absolute Gasteiger partial charge is 0.341 e. The van der Waals surface area contributed by atoms with Crippen LogP contribution >= 0.6 is 0 Å². The van der Waals surface area contributed by atoms with Gasteiger partial charge in [0.2, 0.25) is 0 Å². The number of carboxylic acids is 1. The summed E-state index contributed by atoms with van der Waals surface area (Å²) in [6.45, 7) is 0. The van der Waals surface area contributed by atoms with Crippen LogP contribution in [-0.4, -0.2) is 25.7 Å². The summed E-state index contributed by atoms with van der Waals surface area (Å²) < 4.78 is 1.54. The Morgan fingerprint density at radius 3 is 2.88 bits per heavy atom. The third kappa shape index (κ3) is 1.08. The highest BCUT2D eigenvalue weighted by Gasteiger charge is 2.13. The Kier molecular flexibility index (Phi) is 1.67. The van der Waals surface area contributed by atoms with E-state index in [4.69, 9.17) is 5.11 Å². The molecular weight excluding hydrogens is 206 g/mol. The number of fused-ring (bicyclic) bond motifs is 3. The Morgan fingerprint density at radius 1 is 1.25 bits per heavy atom. The molecule has 0 amide bonds. The number of aromatic carboxylic acids is 1. The van der Waals surface area contributed by atoms with Crippen molar-refractivity contribution in [3.8, 4) is 0 Å². The molecule has 1 N–H and O–H groups in total. The number of carboxylic acid groups (broad SMARTS) is 1. The Morgan fingerprint density at radius 2 is 2.06 bits per heavy atom. The Bertz CT molecular complexity index is 703. The molecule has 2 heterocycles. The van der Waals surface area contributed by atoms with Crippen molar-refractivity contribution in [3.05, 3.63) is 42.2 Å². The highest BCUT2D eigenvalue weighted by molar-refractivity contribution is 5.95. The van der Waals surface area contributed by atoms with Crippen molar-refractivity contribution in [3.63, 3.8) is 0 Å². The lowest BCUT2D eigenvalue weighted by Gasteiger charge is -1.99. The summed E-state index contributed by atoms with van der Waals surface area (Å²) in [6, 6.07) is 7.56. The van der Waals surface area contributed by atoms with E-state index in [0.29, 0.717) is 5.65 Å². The molecular formula is C11H7N3O2. The average molecular weight is 213 g/mol. The van der Waals surface area contributed by atoms with Crippen LogP contribution in [0.2, 0.25) is 0 Å². The molecule has 3 aromatic rings. The summed E-state index contributed by atoms with van der Waals surface area (Å²) in [5, 5.41) is 13.9. The van der Waals surface area contributed by atoms with Crippen LogP contribution in [0.1, 0.15) is 10.4 Å². The van der Waals surface area contributed by atoms with E-state index in [2.05, 4.69) is 10.1 Å². The predicted octanol–water partition coefficient (Wildman–Crippen LogP) is 1.58. The van der Waals surface area contributed by atoms with Crippen molar-refractivity contribution >= 4 is 22.5 Å². The molecule has 0 bridgehead atoms. The number of hydrogen-bond donors (Lipinski definition) is 1. The molecule has 78 valence electrons. The van der Waals surface area contributed by atoms with Gasteiger partial charge in [0, 0.05) is 11.6 Å². The van der Waals surface area contributed by atoms with E-state index in [-0.39, 0.29) is 5.56 Å². The van der Waals surface area contributed by atoms with Gasteiger partial charge < -0.3 is 5.11 Å². The fourth-order valence-electron chi connectivity index (χ4n) is 1.71. The SMILES string of the molecule is O=C(O)c1cnn2c1ncc1ccccc12. The van der Waals surface area contributed by atoms with Crippen molar-refractivity contribution in [2.45, 2.75) is 0 Å². The zero-order valence-electron chi connectivity index (χ0n) is 8.16. The quantitative estimate of drug-likeness (QED) is 0.666. The summed E-state index contributed by atoms with van der Waals surface area (Å²) in [6.07, 6.45) is 2.97. The maximum atomic E-state index is 10.9. The molecule has 0 saturated carbocycles. The molecule has 0 radical (unpaired) electrons. The monoisotopic (exact) mass is 213 g/mol. The van der Waals surface area contributed by atoms with Gasteiger partial charge in [0.15, 0.2) is 5.65 Å². The van der Waals surface area contributed by atoms with E-state index in [1.54, 1.807) is 10.7 Å². The van der Waals surface area contributed by atoms with E-state index in [1.165, 1.54) is 6.20 Å². The van der Waals surface area contributed by atoms with Gasteiger partial charge in [-0.1, -0.05) is 18.2 Å². The van der Waals surface area contributed by atoms with Crippen molar-refractivity contribution < 1.29 is 9.90 Å². The van der Waals surface area contributed by atoms with E-state index >= 15 is 0 Å². The van der Waals surface area contributed by atoms with Gasteiger partial charge in [-0.25, -0.2) is 14.3 Å². The molecule has 0 fully saturated rings. The van der Waals surface area contributed by atoms with Gasteiger partial charge in [0.05, 0.1) is 11.7 Å². The van der Waals surface area contributed by atoms with E-state index in [9.17, 15) is 4.79 Å². The fraction of sp³-hybridized carbons (Fsp3) is 0. The van der Waals surface area contributed by atoms with Crippen LogP contribution in [0.4, 0.5) is 0 Å². The molecule has 0 aliphatic carbocycles. The third-order valence-electron chi connectivity index (χ3n) is 2.47. The number of rotatable bonds is 1. The molecule has 0 aliphatic rings. The maximum absolute atomic E-state index is 10.9. The molecule has 0 aliphatic heterocycles. The van der Waals surface area contributed by atoms with Crippen molar-refractivity contribution in [2.24, 2.45) is 0 Å². The third-order valence-corrected chi connectivity index (χ3v) is 2.47. The number of para-hydroxylation sites is 1. The van der Waals surface area contributed by atoms with Crippen molar-refractivity contribution in [1.82, 2.24) is 14.6 Å². The van der Waals surface area contributed by atoms with Gasteiger partial charge in [-0.15, -0.1) is 0 Å². The molecule has 5 nitrogen and oxygen atoms in total. The minimum atomic E-state index is -1.02. The van der Waals surface area contributed by atoms with Gasteiger partial charge in [-0.05, 0) is 6.07 Å². The highest BCUT2D eigenvalue weighted by atomic mass is 16.4.